The molecule has 0 aliphatic carbocycles. The highest BCUT2D eigenvalue weighted by atomic mass is 16.4. The number of hydrogen-bond acceptors (Lipinski definition) is 4. The van der Waals surface area contributed by atoms with E-state index in [1.54, 1.807) is 0 Å². The zero-order valence-corrected chi connectivity index (χ0v) is 7.86. The molecule has 15 heavy (non-hydrogen) atoms. The molecule has 6 nitrogen and oxygen atoms in total. The van der Waals surface area contributed by atoms with Gasteiger partial charge in [-0.3, -0.25) is 4.79 Å². The van der Waals surface area contributed by atoms with Gasteiger partial charge < -0.3 is 21.9 Å². The molecule has 1 rings (SSSR count). The molecular weight excluding hydrogens is 198 g/mol. The first-order chi connectivity index (χ1) is 7.00. The molecule has 80 valence electrons. The van der Waals surface area contributed by atoms with Gasteiger partial charge in [0.1, 0.15) is 0 Å². The molecule has 0 saturated heterocycles. The lowest BCUT2D eigenvalue weighted by Crippen LogP contribution is -2.22. The molecule has 0 fully saturated rings. The van der Waals surface area contributed by atoms with E-state index in [0.29, 0.717) is 5.69 Å². The number of amides is 1. The maximum atomic E-state index is 10.8. The van der Waals surface area contributed by atoms with Gasteiger partial charge in [-0.1, -0.05) is 0 Å². The summed E-state index contributed by atoms with van der Waals surface area (Å²) in [5.41, 5.74) is 11.1. The molecule has 0 radical (unpaired) electrons. The molecule has 0 aliphatic rings. The Bertz CT molecular complexity index is 404. The van der Waals surface area contributed by atoms with Crippen LogP contribution >= 0.6 is 0 Å². The molecule has 6 N–H and O–H groups in total. The van der Waals surface area contributed by atoms with Crippen molar-refractivity contribution in [1.29, 1.82) is 0 Å². The number of carboxylic acids is 1. The summed E-state index contributed by atoms with van der Waals surface area (Å²) in [6.07, 6.45) is 0. The fraction of sp³-hybridized carbons (Fsp3) is 0.111. The lowest BCUT2D eigenvalue weighted by atomic mass is 10.1. The molecule has 1 amide bonds. The molecule has 0 unspecified atom stereocenters. The number of nitrogens with two attached hydrogens (primary N) is 2. The first kappa shape index (κ1) is 10.8. The highest BCUT2D eigenvalue weighted by Gasteiger charge is 2.10. The summed E-state index contributed by atoms with van der Waals surface area (Å²) in [6, 6.07) is 4.27. The fourth-order valence-electron chi connectivity index (χ4n) is 1.08. The van der Waals surface area contributed by atoms with Gasteiger partial charge in [0.15, 0.2) is 0 Å². The number of nitrogen functional groups attached to an aromatic ring is 1. The van der Waals surface area contributed by atoms with E-state index in [2.05, 4.69) is 5.32 Å². The van der Waals surface area contributed by atoms with Crippen molar-refractivity contribution >= 4 is 23.3 Å². The summed E-state index contributed by atoms with van der Waals surface area (Å²) in [5, 5.41) is 11.4. The van der Waals surface area contributed by atoms with Crippen molar-refractivity contribution in [1.82, 2.24) is 0 Å². The van der Waals surface area contributed by atoms with Gasteiger partial charge >= 0.3 is 5.97 Å². The Labute approximate surface area is 85.9 Å². The van der Waals surface area contributed by atoms with E-state index in [1.165, 1.54) is 18.2 Å². The van der Waals surface area contributed by atoms with Gasteiger partial charge in [0, 0.05) is 5.69 Å². The van der Waals surface area contributed by atoms with Crippen LogP contribution in [0.25, 0.3) is 0 Å². The van der Waals surface area contributed by atoms with Crippen LogP contribution in [0.1, 0.15) is 10.4 Å². The number of hydrogen-bond donors (Lipinski definition) is 4. The lowest BCUT2D eigenvalue weighted by Gasteiger charge is -2.08. The van der Waals surface area contributed by atoms with Gasteiger partial charge in [-0.25, -0.2) is 4.79 Å². The van der Waals surface area contributed by atoms with Crippen LogP contribution in [0.3, 0.4) is 0 Å². The molecule has 0 heterocycles. The molecule has 0 atom stereocenters. The summed E-state index contributed by atoms with van der Waals surface area (Å²) in [4.78, 5) is 21.3. The third-order valence-electron chi connectivity index (χ3n) is 1.73. The highest BCUT2D eigenvalue weighted by molar-refractivity contribution is 5.95. The van der Waals surface area contributed by atoms with E-state index >= 15 is 0 Å². The zero-order valence-electron chi connectivity index (χ0n) is 7.86. The van der Waals surface area contributed by atoms with Crippen LogP contribution in [0, 0.1) is 0 Å². The molecule has 0 bridgehead atoms. The van der Waals surface area contributed by atoms with Gasteiger partial charge in [-0.15, -0.1) is 0 Å². The van der Waals surface area contributed by atoms with E-state index < -0.39 is 11.9 Å². The van der Waals surface area contributed by atoms with Gasteiger partial charge in [0.05, 0.1) is 17.8 Å². The first-order valence-electron chi connectivity index (χ1n) is 4.15. The standard InChI is InChI=1S/C9H11N3O3/c10-5-1-2-6(9(14)15)7(3-5)12-4-8(11)13/h1-3,12H,4,10H2,(H2,11,13)(H,14,15). The van der Waals surface area contributed by atoms with Crippen LogP contribution in [0.4, 0.5) is 11.4 Å². The number of carbonyl (C=O) groups excluding carboxylic acids is 1. The second-order valence-corrected chi connectivity index (χ2v) is 2.93. The maximum absolute atomic E-state index is 10.8. The van der Waals surface area contributed by atoms with Crippen LogP contribution in [-0.4, -0.2) is 23.5 Å². The predicted octanol–water partition coefficient (Wildman–Crippen LogP) is -0.136. The Morgan fingerprint density at radius 3 is 2.60 bits per heavy atom. The predicted molar refractivity (Wildman–Crippen MR) is 55.5 cm³/mol. The van der Waals surface area contributed by atoms with Gasteiger partial charge in [-0.2, -0.15) is 0 Å². The van der Waals surface area contributed by atoms with E-state index in [9.17, 15) is 9.59 Å². The second-order valence-electron chi connectivity index (χ2n) is 2.93. The monoisotopic (exact) mass is 209 g/mol. The third-order valence-corrected chi connectivity index (χ3v) is 1.73. The van der Waals surface area contributed by atoms with Crippen molar-refractivity contribution in [2.24, 2.45) is 5.73 Å². The van der Waals surface area contributed by atoms with Crippen molar-refractivity contribution in [2.75, 3.05) is 17.6 Å². The highest BCUT2D eigenvalue weighted by Crippen LogP contribution is 2.18. The summed E-state index contributed by atoms with van der Waals surface area (Å²) in [7, 11) is 0. The van der Waals surface area contributed by atoms with Crippen molar-refractivity contribution in [2.45, 2.75) is 0 Å². The summed E-state index contributed by atoms with van der Waals surface area (Å²) < 4.78 is 0. The molecule has 0 saturated carbocycles. The molecule has 1 aromatic rings. The SMILES string of the molecule is NC(=O)CNc1cc(N)ccc1C(=O)O. The Morgan fingerprint density at radius 1 is 1.40 bits per heavy atom. The zero-order chi connectivity index (χ0) is 11.4. The number of rotatable bonds is 4. The second kappa shape index (κ2) is 4.32. The van der Waals surface area contributed by atoms with E-state index in [-0.39, 0.29) is 17.8 Å². The van der Waals surface area contributed by atoms with Crippen molar-refractivity contribution in [3.63, 3.8) is 0 Å². The number of aromatic carboxylic acids is 1. The molecule has 0 aromatic heterocycles. The van der Waals surface area contributed by atoms with Crippen molar-refractivity contribution in [3.8, 4) is 0 Å². The molecule has 6 heteroatoms. The maximum Gasteiger partial charge on any atom is 0.337 e. The normalized spacial score (nSPS) is 9.60. The van der Waals surface area contributed by atoms with E-state index in [1.807, 2.05) is 0 Å². The van der Waals surface area contributed by atoms with Crippen LogP contribution in [-0.2, 0) is 4.79 Å². The minimum atomic E-state index is -1.10. The van der Waals surface area contributed by atoms with Crippen molar-refractivity contribution in [3.05, 3.63) is 23.8 Å². The smallest absolute Gasteiger partial charge is 0.337 e. The number of nitrogens with one attached hydrogen (secondary N) is 1. The summed E-state index contributed by atoms with van der Waals surface area (Å²) in [5.74, 6) is -1.67. The van der Waals surface area contributed by atoms with Gasteiger partial charge in [0.2, 0.25) is 5.91 Å². The summed E-state index contributed by atoms with van der Waals surface area (Å²) >= 11 is 0. The molecular formula is C9H11N3O3. The van der Waals surface area contributed by atoms with E-state index in [0.717, 1.165) is 0 Å². The largest absolute Gasteiger partial charge is 0.478 e. The molecule has 0 aliphatic heterocycles. The molecule has 1 aromatic carbocycles. The van der Waals surface area contributed by atoms with Crippen LogP contribution in [0.2, 0.25) is 0 Å². The Morgan fingerprint density at radius 2 is 2.07 bits per heavy atom. The Balaban J connectivity index is 2.96. The van der Waals surface area contributed by atoms with Gasteiger partial charge in [-0.05, 0) is 18.2 Å². The van der Waals surface area contributed by atoms with Gasteiger partial charge in [0.25, 0.3) is 0 Å². The third kappa shape index (κ3) is 2.87. The Hall–Kier alpha value is -2.24. The fourth-order valence-corrected chi connectivity index (χ4v) is 1.08. The number of benzene rings is 1. The average Bonchev–Trinajstić information content (AvgIpc) is 2.14. The quantitative estimate of drug-likeness (QED) is 0.515. The summed E-state index contributed by atoms with van der Waals surface area (Å²) in [6.45, 7) is -0.135. The van der Waals surface area contributed by atoms with Crippen LogP contribution in [0.5, 0.6) is 0 Å². The topological polar surface area (TPSA) is 118 Å². The molecule has 0 spiro atoms. The van der Waals surface area contributed by atoms with Crippen LogP contribution < -0.4 is 16.8 Å². The number of anilines is 2. The Kier molecular flexibility index (Phi) is 3.12. The minimum absolute atomic E-state index is 0.0467. The minimum Gasteiger partial charge on any atom is -0.478 e. The van der Waals surface area contributed by atoms with Crippen LogP contribution in [0.15, 0.2) is 18.2 Å². The lowest BCUT2D eigenvalue weighted by molar-refractivity contribution is -0.116. The number of carboxylic acid groups (broad SMARTS) is 1. The van der Waals surface area contributed by atoms with E-state index in [4.69, 9.17) is 16.6 Å². The first-order valence-corrected chi connectivity index (χ1v) is 4.15. The average molecular weight is 209 g/mol. The number of carbonyl (C=O) groups is 2. The number of primary amides is 1. The van der Waals surface area contributed by atoms with Crippen molar-refractivity contribution < 1.29 is 14.7 Å².